The molecule has 2 aromatic rings. The molecule has 1 unspecified atom stereocenters. The van der Waals surface area contributed by atoms with Gasteiger partial charge >= 0.3 is 5.69 Å². The van der Waals surface area contributed by atoms with Crippen LogP contribution in [0.15, 0.2) is 40.1 Å². The maximum atomic E-state index is 12.7. The average Bonchev–Trinajstić information content (AvgIpc) is 2.80. The number of nitrogens with zero attached hydrogens (tertiary/aromatic N) is 2. The number of carbonyl (C=O) groups is 1. The van der Waals surface area contributed by atoms with Crippen LogP contribution < -0.4 is 16.1 Å². The van der Waals surface area contributed by atoms with Gasteiger partial charge in [-0.3, -0.25) is 14.2 Å². The maximum Gasteiger partial charge on any atom is 0.328 e. The Hall–Kier alpha value is -2.63. The first kappa shape index (κ1) is 13.4. The number of nitrogens with one attached hydrogen (secondary N) is 1. The number of carbonyl (C=O) groups excluding carboxylic acids is 1. The summed E-state index contributed by atoms with van der Waals surface area (Å²) in [5, 5.41) is 0. The number of aromatic amines is 1. The van der Waals surface area contributed by atoms with E-state index in [1.165, 1.54) is 13.2 Å². The molecular formula is C15H15N3O3. The van der Waals surface area contributed by atoms with Gasteiger partial charge in [-0.2, -0.15) is 0 Å². The van der Waals surface area contributed by atoms with Crippen LogP contribution in [0.1, 0.15) is 22.8 Å². The number of hydrogen-bond acceptors (Lipinski definition) is 3. The van der Waals surface area contributed by atoms with Crippen molar-refractivity contribution < 1.29 is 4.79 Å². The first-order valence-corrected chi connectivity index (χ1v) is 6.71. The van der Waals surface area contributed by atoms with Gasteiger partial charge in [0.1, 0.15) is 5.56 Å². The minimum absolute atomic E-state index is 0.0217. The summed E-state index contributed by atoms with van der Waals surface area (Å²) in [5.74, 6) is -0.385. The lowest BCUT2D eigenvalue weighted by Gasteiger charge is -2.22. The summed E-state index contributed by atoms with van der Waals surface area (Å²) in [7, 11) is 1.35. The van der Waals surface area contributed by atoms with Gasteiger partial charge in [-0.1, -0.05) is 18.2 Å². The molecule has 6 heteroatoms. The van der Waals surface area contributed by atoms with E-state index < -0.39 is 11.2 Å². The number of hydrogen-bond donors (Lipinski definition) is 1. The van der Waals surface area contributed by atoms with Crippen molar-refractivity contribution in [2.45, 2.75) is 19.4 Å². The van der Waals surface area contributed by atoms with Crippen LogP contribution in [-0.4, -0.2) is 21.5 Å². The molecule has 0 saturated carbocycles. The van der Waals surface area contributed by atoms with Gasteiger partial charge in [-0.15, -0.1) is 0 Å². The monoisotopic (exact) mass is 285 g/mol. The fourth-order valence-corrected chi connectivity index (χ4v) is 2.72. The Morgan fingerprint density at radius 3 is 2.76 bits per heavy atom. The third-order valence-corrected chi connectivity index (χ3v) is 3.84. The predicted octanol–water partition coefficient (Wildman–Crippen LogP) is 0.665. The summed E-state index contributed by atoms with van der Waals surface area (Å²) in [6, 6.07) is 7.61. The Morgan fingerprint density at radius 2 is 2.00 bits per heavy atom. The van der Waals surface area contributed by atoms with Gasteiger partial charge in [0, 0.05) is 25.0 Å². The van der Waals surface area contributed by atoms with Crippen LogP contribution in [0.3, 0.4) is 0 Å². The average molecular weight is 285 g/mol. The zero-order chi connectivity index (χ0) is 15.1. The van der Waals surface area contributed by atoms with Crippen molar-refractivity contribution in [3.8, 4) is 0 Å². The second-order valence-electron chi connectivity index (χ2n) is 5.23. The van der Waals surface area contributed by atoms with Gasteiger partial charge in [0.15, 0.2) is 0 Å². The normalized spacial score (nSPS) is 16.9. The van der Waals surface area contributed by atoms with Crippen molar-refractivity contribution in [1.29, 1.82) is 0 Å². The van der Waals surface area contributed by atoms with Crippen LogP contribution in [0.2, 0.25) is 0 Å². The third-order valence-electron chi connectivity index (χ3n) is 3.84. The number of amides is 1. The Bertz CT molecular complexity index is 835. The van der Waals surface area contributed by atoms with Gasteiger partial charge in [0.2, 0.25) is 0 Å². The highest BCUT2D eigenvalue weighted by molar-refractivity contribution is 6.07. The molecule has 0 bridgehead atoms. The molecule has 108 valence electrons. The molecule has 1 amide bonds. The van der Waals surface area contributed by atoms with Gasteiger partial charge < -0.3 is 9.88 Å². The van der Waals surface area contributed by atoms with E-state index in [1.807, 2.05) is 31.2 Å². The Morgan fingerprint density at radius 1 is 1.29 bits per heavy atom. The van der Waals surface area contributed by atoms with E-state index in [1.54, 1.807) is 4.90 Å². The van der Waals surface area contributed by atoms with Gasteiger partial charge in [0.05, 0.1) is 0 Å². The molecule has 0 fully saturated rings. The van der Waals surface area contributed by atoms with E-state index >= 15 is 0 Å². The van der Waals surface area contributed by atoms with Crippen LogP contribution in [0.25, 0.3) is 0 Å². The molecule has 6 nitrogen and oxygen atoms in total. The van der Waals surface area contributed by atoms with Crippen LogP contribution in [-0.2, 0) is 13.5 Å². The number of para-hydroxylation sites is 1. The minimum Gasteiger partial charge on any atom is -0.313 e. The molecular weight excluding hydrogens is 270 g/mol. The molecule has 1 aromatic heterocycles. The van der Waals surface area contributed by atoms with E-state index in [2.05, 4.69) is 4.98 Å². The molecule has 1 aromatic carbocycles. The lowest BCUT2D eigenvalue weighted by atomic mass is 10.1. The van der Waals surface area contributed by atoms with Crippen molar-refractivity contribution in [1.82, 2.24) is 9.55 Å². The number of fused-ring (bicyclic) bond motifs is 1. The first-order valence-electron chi connectivity index (χ1n) is 6.71. The van der Waals surface area contributed by atoms with Crippen molar-refractivity contribution in [3.63, 3.8) is 0 Å². The zero-order valence-corrected chi connectivity index (χ0v) is 11.8. The lowest BCUT2D eigenvalue weighted by Crippen LogP contribution is -2.42. The number of aromatic nitrogens is 2. The summed E-state index contributed by atoms with van der Waals surface area (Å²) in [4.78, 5) is 40.2. The molecule has 0 radical (unpaired) electrons. The standard InChI is InChI=1S/C15H15N3O3/c1-9-7-10-5-3-4-6-12(10)18(9)14(20)11-8-16-15(21)17(2)13(11)19/h3-6,8-9H,7H2,1-2H3,(H,16,21). The SMILES string of the molecule is CC1Cc2ccccc2N1C(=O)c1c[nH]c(=O)n(C)c1=O. The zero-order valence-electron chi connectivity index (χ0n) is 11.8. The van der Waals surface area contributed by atoms with E-state index in [0.717, 1.165) is 22.2 Å². The molecule has 1 aliphatic rings. The second-order valence-corrected chi connectivity index (χ2v) is 5.23. The van der Waals surface area contributed by atoms with E-state index in [4.69, 9.17) is 0 Å². The van der Waals surface area contributed by atoms with Crippen LogP contribution >= 0.6 is 0 Å². The Balaban J connectivity index is 2.10. The fraction of sp³-hybridized carbons (Fsp3) is 0.267. The highest BCUT2D eigenvalue weighted by Crippen LogP contribution is 2.32. The van der Waals surface area contributed by atoms with E-state index in [9.17, 15) is 14.4 Å². The van der Waals surface area contributed by atoms with Crippen molar-refractivity contribution in [2.24, 2.45) is 7.05 Å². The Kier molecular flexibility index (Phi) is 3.01. The summed E-state index contributed by atoms with van der Waals surface area (Å²) >= 11 is 0. The highest BCUT2D eigenvalue weighted by Gasteiger charge is 2.32. The second kappa shape index (κ2) is 4.73. The molecule has 1 N–H and O–H groups in total. The predicted molar refractivity (Wildman–Crippen MR) is 78.7 cm³/mol. The largest absolute Gasteiger partial charge is 0.328 e. The van der Waals surface area contributed by atoms with E-state index in [-0.39, 0.29) is 17.5 Å². The van der Waals surface area contributed by atoms with Gasteiger partial charge in [0.25, 0.3) is 11.5 Å². The molecule has 1 aliphatic heterocycles. The topological polar surface area (TPSA) is 75.2 Å². The van der Waals surface area contributed by atoms with Gasteiger partial charge in [-0.25, -0.2) is 4.79 Å². The summed E-state index contributed by atoms with van der Waals surface area (Å²) in [5.41, 5.74) is 0.759. The molecule has 0 saturated heterocycles. The number of rotatable bonds is 1. The number of H-pyrrole nitrogens is 1. The number of anilines is 1. The fourth-order valence-electron chi connectivity index (χ4n) is 2.72. The first-order chi connectivity index (χ1) is 10.0. The van der Waals surface area contributed by atoms with Crippen LogP contribution in [0, 0.1) is 0 Å². The van der Waals surface area contributed by atoms with Crippen molar-refractivity contribution >= 4 is 11.6 Å². The molecule has 1 atom stereocenters. The highest BCUT2D eigenvalue weighted by atomic mass is 16.2. The molecule has 2 heterocycles. The smallest absolute Gasteiger partial charge is 0.313 e. The minimum atomic E-state index is -0.583. The molecule has 21 heavy (non-hydrogen) atoms. The lowest BCUT2D eigenvalue weighted by molar-refractivity contribution is 0.0979. The van der Waals surface area contributed by atoms with Crippen molar-refractivity contribution in [2.75, 3.05) is 4.90 Å². The van der Waals surface area contributed by atoms with Crippen LogP contribution in [0.5, 0.6) is 0 Å². The molecule has 3 rings (SSSR count). The maximum absolute atomic E-state index is 12.7. The summed E-state index contributed by atoms with van der Waals surface area (Å²) in [6.07, 6.45) is 1.95. The van der Waals surface area contributed by atoms with E-state index in [0.29, 0.717) is 0 Å². The number of benzene rings is 1. The van der Waals surface area contributed by atoms with Crippen molar-refractivity contribution in [3.05, 3.63) is 62.4 Å². The summed E-state index contributed by atoms with van der Waals surface area (Å²) in [6.45, 7) is 1.94. The quantitative estimate of drug-likeness (QED) is 0.836. The summed E-state index contributed by atoms with van der Waals surface area (Å²) < 4.78 is 0.903. The molecule has 0 aliphatic carbocycles. The van der Waals surface area contributed by atoms with Gasteiger partial charge in [-0.05, 0) is 25.0 Å². The van der Waals surface area contributed by atoms with Crippen LogP contribution in [0.4, 0.5) is 5.69 Å². The Labute approximate surface area is 120 Å². The third kappa shape index (κ3) is 1.99. The molecule has 0 spiro atoms.